The molecule has 0 fully saturated rings. The molecule has 0 heterocycles. The first-order valence-corrected chi connectivity index (χ1v) is 7.29. The van der Waals surface area contributed by atoms with Crippen LogP contribution in [0.2, 0.25) is 0 Å². The normalized spacial score (nSPS) is 14.1. The maximum atomic E-state index is 12.7. The van der Waals surface area contributed by atoms with E-state index in [1.165, 1.54) is 23.9 Å². The molecule has 0 saturated heterocycles. The van der Waals surface area contributed by atoms with Gasteiger partial charge < -0.3 is 15.3 Å². The quantitative estimate of drug-likeness (QED) is 0.746. The van der Waals surface area contributed by atoms with Crippen LogP contribution in [0.4, 0.5) is 4.39 Å². The first-order valence-electron chi connectivity index (χ1n) is 6.31. The molecule has 2 N–H and O–H groups in total. The van der Waals surface area contributed by atoms with Crippen molar-refractivity contribution in [3.05, 3.63) is 30.1 Å². The number of amides is 1. The molecule has 0 aliphatic carbocycles. The van der Waals surface area contributed by atoms with Crippen molar-refractivity contribution in [1.29, 1.82) is 0 Å². The molecule has 0 radical (unpaired) electrons. The highest BCUT2D eigenvalue weighted by molar-refractivity contribution is 8.00. The summed E-state index contributed by atoms with van der Waals surface area (Å²) in [5.41, 5.74) is -0.959. The predicted molar refractivity (Wildman–Crippen MR) is 79.3 cm³/mol. The van der Waals surface area contributed by atoms with Gasteiger partial charge in [-0.1, -0.05) is 0 Å². The Morgan fingerprint density at radius 2 is 2.00 bits per heavy atom. The van der Waals surface area contributed by atoms with Gasteiger partial charge in [0.15, 0.2) is 0 Å². The van der Waals surface area contributed by atoms with Crippen LogP contribution < -0.4 is 5.32 Å². The molecule has 1 aromatic rings. The summed E-state index contributed by atoms with van der Waals surface area (Å²) in [7, 11) is 3.72. The zero-order chi connectivity index (χ0) is 15.2. The van der Waals surface area contributed by atoms with E-state index in [0.717, 1.165) is 4.90 Å². The lowest BCUT2D eigenvalue weighted by Crippen LogP contribution is -2.47. The molecule has 1 amide bonds. The number of aliphatic hydroxyl groups is 1. The summed E-state index contributed by atoms with van der Waals surface area (Å²) in [5.74, 6) is -0.208. The number of likely N-dealkylation sites (N-methyl/N-ethyl adjacent to an activating group) is 1. The van der Waals surface area contributed by atoms with Crippen molar-refractivity contribution in [3.8, 4) is 0 Å². The molecule has 112 valence electrons. The van der Waals surface area contributed by atoms with Gasteiger partial charge in [0.25, 0.3) is 0 Å². The number of hydrogen-bond acceptors (Lipinski definition) is 4. The van der Waals surface area contributed by atoms with Crippen LogP contribution in [0.5, 0.6) is 0 Å². The smallest absolute Gasteiger partial charge is 0.230 e. The molecule has 1 unspecified atom stereocenters. The van der Waals surface area contributed by atoms with Crippen molar-refractivity contribution in [1.82, 2.24) is 10.2 Å². The predicted octanol–water partition coefficient (Wildman–Crippen LogP) is 1.35. The van der Waals surface area contributed by atoms with Crippen molar-refractivity contribution in [2.24, 2.45) is 0 Å². The van der Waals surface area contributed by atoms with Crippen molar-refractivity contribution in [2.75, 3.05) is 32.9 Å². The molecule has 1 atom stereocenters. The van der Waals surface area contributed by atoms with Gasteiger partial charge in [-0.15, -0.1) is 11.8 Å². The van der Waals surface area contributed by atoms with Crippen molar-refractivity contribution >= 4 is 17.7 Å². The number of thioether (sulfide) groups is 1. The summed E-state index contributed by atoms with van der Waals surface area (Å²) >= 11 is 1.33. The van der Waals surface area contributed by atoms with Crippen molar-refractivity contribution in [2.45, 2.75) is 17.4 Å². The zero-order valence-corrected chi connectivity index (χ0v) is 12.8. The summed E-state index contributed by atoms with van der Waals surface area (Å²) in [6.07, 6.45) is 0. The van der Waals surface area contributed by atoms with E-state index >= 15 is 0 Å². The fourth-order valence-corrected chi connectivity index (χ4v) is 2.49. The van der Waals surface area contributed by atoms with E-state index in [4.69, 9.17) is 0 Å². The highest BCUT2D eigenvalue weighted by Gasteiger charge is 2.21. The lowest BCUT2D eigenvalue weighted by molar-refractivity contribution is -0.119. The van der Waals surface area contributed by atoms with E-state index < -0.39 is 5.60 Å². The van der Waals surface area contributed by atoms with Crippen molar-refractivity contribution < 1.29 is 14.3 Å². The Kier molecular flexibility index (Phi) is 6.45. The molecule has 1 aromatic carbocycles. The highest BCUT2D eigenvalue weighted by atomic mass is 32.2. The third-order valence-electron chi connectivity index (χ3n) is 2.51. The molecule has 20 heavy (non-hydrogen) atoms. The van der Waals surface area contributed by atoms with E-state index in [9.17, 15) is 14.3 Å². The summed E-state index contributed by atoms with van der Waals surface area (Å²) < 4.78 is 12.7. The van der Waals surface area contributed by atoms with Gasteiger partial charge in [-0.25, -0.2) is 4.39 Å². The minimum absolute atomic E-state index is 0.154. The third kappa shape index (κ3) is 6.88. The van der Waals surface area contributed by atoms with E-state index in [1.807, 2.05) is 19.0 Å². The van der Waals surface area contributed by atoms with Gasteiger partial charge in [-0.05, 0) is 45.3 Å². The minimum atomic E-state index is -0.959. The molecule has 4 nitrogen and oxygen atoms in total. The van der Waals surface area contributed by atoms with E-state index in [0.29, 0.717) is 6.54 Å². The second-order valence-electron chi connectivity index (χ2n) is 5.25. The molecular weight excluding hydrogens is 279 g/mol. The van der Waals surface area contributed by atoms with Gasteiger partial charge in [-0.3, -0.25) is 4.79 Å². The van der Waals surface area contributed by atoms with E-state index in [2.05, 4.69) is 5.32 Å². The number of rotatable bonds is 7. The van der Waals surface area contributed by atoms with Crippen LogP contribution in [0.1, 0.15) is 6.92 Å². The van der Waals surface area contributed by atoms with Crippen LogP contribution in [-0.4, -0.2) is 54.5 Å². The number of nitrogens with zero attached hydrogens (tertiary/aromatic N) is 1. The second kappa shape index (κ2) is 7.61. The monoisotopic (exact) mass is 300 g/mol. The minimum Gasteiger partial charge on any atom is -0.387 e. The fourth-order valence-electron chi connectivity index (χ4n) is 1.76. The van der Waals surface area contributed by atoms with Gasteiger partial charge in [-0.2, -0.15) is 0 Å². The molecule has 6 heteroatoms. The topological polar surface area (TPSA) is 52.6 Å². The van der Waals surface area contributed by atoms with Crippen LogP contribution in [0.15, 0.2) is 29.2 Å². The van der Waals surface area contributed by atoms with Crippen LogP contribution in [0, 0.1) is 5.82 Å². The van der Waals surface area contributed by atoms with Crippen LogP contribution in [0.25, 0.3) is 0 Å². The molecular formula is C14H21FN2O2S. The lowest BCUT2D eigenvalue weighted by atomic mass is 10.1. The Balaban J connectivity index is 2.32. The fraction of sp³-hybridized carbons (Fsp3) is 0.500. The van der Waals surface area contributed by atoms with Gasteiger partial charge in [0.05, 0.1) is 11.4 Å². The number of halogens is 1. The first kappa shape index (κ1) is 16.9. The van der Waals surface area contributed by atoms with Gasteiger partial charge >= 0.3 is 0 Å². The Bertz CT molecular complexity index is 435. The van der Waals surface area contributed by atoms with E-state index in [1.54, 1.807) is 19.1 Å². The number of nitrogens with one attached hydrogen (secondary N) is 1. The Morgan fingerprint density at radius 1 is 1.40 bits per heavy atom. The SMILES string of the molecule is CN(C)CC(C)(O)CNC(=O)CSc1ccc(F)cc1. The largest absolute Gasteiger partial charge is 0.387 e. The van der Waals surface area contributed by atoms with Crippen LogP contribution >= 0.6 is 11.8 Å². The third-order valence-corrected chi connectivity index (χ3v) is 3.52. The molecule has 1 rings (SSSR count). The zero-order valence-electron chi connectivity index (χ0n) is 12.0. The Hall–Kier alpha value is -1.11. The summed E-state index contributed by atoms with van der Waals surface area (Å²) in [4.78, 5) is 14.4. The van der Waals surface area contributed by atoms with Crippen LogP contribution in [-0.2, 0) is 4.79 Å². The standard InChI is InChI=1S/C14H21FN2O2S/c1-14(19,10-17(2)3)9-16-13(18)8-20-12-6-4-11(15)5-7-12/h4-7,19H,8-10H2,1-3H3,(H,16,18). The van der Waals surface area contributed by atoms with Gasteiger partial charge in [0.2, 0.25) is 5.91 Å². The number of hydrogen-bond donors (Lipinski definition) is 2. The van der Waals surface area contributed by atoms with Crippen molar-refractivity contribution in [3.63, 3.8) is 0 Å². The second-order valence-corrected chi connectivity index (χ2v) is 6.30. The molecule has 0 aromatic heterocycles. The lowest BCUT2D eigenvalue weighted by Gasteiger charge is -2.27. The average molecular weight is 300 g/mol. The molecule has 0 bridgehead atoms. The maximum Gasteiger partial charge on any atom is 0.230 e. The summed E-state index contributed by atoms with van der Waals surface area (Å²) in [6, 6.07) is 6.00. The summed E-state index contributed by atoms with van der Waals surface area (Å²) in [6.45, 7) is 2.35. The molecule has 0 aliphatic heterocycles. The average Bonchev–Trinajstić information content (AvgIpc) is 2.34. The molecule has 0 saturated carbocycles. The summed E-state index contributed by atoms with van der Waals surface area (Å²) in [5, 5.41) is 12.7. The van der Waals surface area contributed by atoms with Gasteiger partial charge in [0, 0.05) is 18.0 Å². The number of carbonyl (C=O) groups is 1. The van der Waals surface area contributed by atoms with Gasteiger partial charge in [0.1, 0.15) is 5.82 Å². The van der Waals surface area contributed by atoms with E-state index in [-0.39, 0.29) is 24.0 Å². The van der Waals surface area contributed by atoms with Crippen LogP contribution in [0.3, 0.4) is 0 Å². The maximum absolute atomic E-state index is 12.7. The Labute approximate surface area is 123 Å². The highest BCUT2D eigenvalue weighted by Crippen LogP contribution is 2.17. The molecule has 0 aliphatic rings. The number of carbonyl (C=O) groups excluding carboxylic acids is 1. The Morgan fingerprint density at radius 3 is 2.55 bits per heavy atom. The first-order chi connectivity index (χ1) is 9.28. The number of benzene rings is 1. The molecule has 0 spiro atoms.